The van der Waals surface area contributed by atoms with Crippen LogP contribution in [0.4, 0.5) is 0 Å². The summed E-state index contributed by atoms with van der Waals surface area (Å²) in [6, 6.07) is 54.6. The Hall–Kier alpha value is -6.52. The van der Waals surface area contributed by atoms with Crippen LogP contribution in [0.5, 0.6) is 0 Å². The van der Waals surface area contributed by atoms with Crippen LogP contribution in [0.3, 0.4) is 0 Å². The fourth-order valence-electron chi connectivity index (χ4n) is 6.44. The lowest BCUT2D eigenvalue weighted by Gasteiger charge is -2.23. The fraction of sp³-hybridized carbons (Fsp3) is 0. The third kappa shape index (κ3) is 5.46. The summed E-state index contributed by atoms with van der Waals surface area (Å²) in [6.07, 6.45) is 7.09. The summed E-state index contributed by atoms with van der Waals surface area (Å²) >= 11 is 0. The molecule has 0 aliphatic carbocycles. The molecule has 8 aromatic rings. The van der Waals surface area contributed by atoms with Gasteiger partial charge in [-0.05, 0) is 22.3 Å². The van der Waals surface area contributed by atoms with Crippen LogP contribution in [-0.2, 0) is 0 Å². The first-order chi connectivity index (χ1) is 23.9. The second kappa shape index (κ2) is 13.1. The van der Waals surface area contributed by atoms with Crippen LogP contribution in [0.15, 0.2) is 183 Å². The van der Waals surface area contributed by atoms with E-state index in [1.54, 1.807) is 24.8 Å². The maximum atomic E-state index is 5.03. The van der Waals surface area contributed by atoms with Crippen molar-refractivity contribution in [3.8, 4) is 78.4 Å². The predicted octanol–water partition coefficient (Wildman–Crippen LogP) is 10.9. The molecule has 0 radical (unpaired) electrons. The standard InChI is InChI=1S/C44H30N4/c1-5-15-31(16-6-1)35-23-13-25-37(43-41(45-27-29-47-43)33-19-9-3-10-20-33)39(35)40-36(32-17-7-2-8-18-32)24-14-26-38(40)44-42(46-28-30-48-44)34-21-11-4-12-22-34/h1-30H. The van der Waals surface area contributed by atoms with Crippen LogP contribution in [-0.4, -0.2) is 19.9 Å². The van der Waals surface area contributed by atoms with Crippen molar-refractivity contribution in [3.05, 3.63) is 183 Å². The van der Waals surface area contributed by atoms with Crippen molar-refractivity contribution in [2.75, 3.05) is 0 Å². The van der Waals surface area contributed by atoms with Crippen molar-refractivity contribution in [1.29, 1.82) is 0 Å². The van der Waals surface area contributed by atoms with Gasteiger partial charge < -0.3 is 0 Å². The van der Waals surface area contributed by atoms with Gasteiger partial charge in [0.25, 0.3) is 0 Å². The van der Waals surface area contributed by atoms with E-state index in [0.717, 1.165) is 78.4 Å². The average Bonchev–Trinajstić information content (AvgIpc) is 3.19. The van der Waals surface area contributed by atoms with E-state index in [2.05, 4.69) is 121 Å². The molecule has 0 bridgehead atoms. The molecular weight excluding hydrogens is 585 g/mol. The van der Waals surface area contributed by atoms with Gasteiger partial charge >= 0.3 is 0 Å². The Bertz CT molecular complexity index is 2150. The molecular formula is C44H30N4. The predicted molar refractivity (Wildman–Crippen MR) is 196 cm³/mol. The SMILES string of the molecule is c1ccc(-c2cccc(-c3nccnc3-c3ccccc3)c2-c2c(-c3ccccc3)cccc2-c2nccnc2-c2ccccc2)cc1. The lowest BCUT2D eigenvalue weighted by atomic mass is 9.81. The van der Waals surface area contributed by atoms with E-state index in [4.69, 9.17) is 19.9 Å². The Balaban J connectivity index is 1.52. The molecule has 0 fully saturated rings. The van der Waals surface area contributed by atoms with Crippen molar-refractivity contribution in [2.45, 2.75) is 0 Å². The van der Waals surface area contributed by atoms with E-state index < -0.39 is 0 Å². The summed E-state index contributed by atoms with van der Waals surface area (Å²) in [4.78, 5) is 19.8. The molecule has 4 nitrogen and oxygen atoms in total. The van der Waals surface area contributed by atoms with Crippen LogP contribution in [0, 0.1) is 0 Å². The third-order valence-corrected chi connectivity index (χ3v) is 8.55. The zero-order valence-electron chi connectivity index (χ0n) is 26.1. The summed E-state index contributed by atoms with van der Waals surface area (Å²) in [7, 11) is 0. The first-order valence-corrected chi connectivity index (χ1v) is 16.0. The molecule has 0 amide bonds. The highest BCUT2D eigenvalue weighted by atomic mass is 14.8. The molecule has 48 heavy (non-hydrogen) atoms. The van der Waals surface area contributed by atoms with Crippen molar-refractivity contribution in [3.63, 3.8) is 0 Å². The zero-order valence-corrected chi connectivity index (χ0v) is 26.1. The second-order valence-corrected chi connectivity index (χ2v) is 11.4. The van der Waals surface area contributed by atoms with Gasteiger partial charge in [0.2, 0.25) is 0 Å². The van der Waals surface area contributed by atoms with Gasteiger partial charge in [-0.3, -0.25) is 19.9 Å². The minimum Gasteiger partial charge on any atom is -0.252 e. The van der Waals surface area contributed by atoms with Gasteiger partial charge in [-0.2, -0.15) is 0 Å². The van der Waals surface area contributed by atoms with Gasteiger partial charge in [-0.25, -0.2) is 0 Å². The van der Waals surface area contributed by atoms with Gasteiger partial charge in [0.1, 0.15) is 0 Å². The monoisotopic (exact) mass is 614 g/mol. The van der Waals surface area contributed by atoms with Crippen molar-refractivity contribution >= 4 is 0 Å². The number of benzene rings is 6. The summed E-state index contributed by atoms with van der Waals surface area (Å²) in [6.45, 7) is 0. The van der Waals surface area contributed by atoms with Gasteiger partial charge in [0.05, 0.1) is 22.8 Å². The van der Waals surface area contributed by atoms with E-state index in [-0.39, 0.29) is 0 Å². The Labute approximate surface area is 280 Å². The Morgan fingerprint density at radius 1 is 0.229 bits per heavy atom. The van der Waals surface area contributed by atoms with Gasteiger partial charge in [-0.15, -0.1) is 0 Å². The molecule has 0 N–H and O–H groups in total. The topological polar surface area (TPSA) is 51.6 Å². The molecule has 0 aliphatic rings. The van der Waals surface area contributed by atoms with Crippen molar-refractivity contribution < 1.29 is 0 Å². The summed E-state index contributed by atoms with van der Waals surface area (Å²) in [5.74, 6) is 0. The molecule has 6 aromatic carbocycles. The van der Waals surface area contributed by atoms with Crippen LogP contribution >= 0.6 is 0 Å². The zero-order chi connectivity index (χ0) is 32.1. The van der Waals surface area contributed by atoms with Gasteiger partial charge in [0.15, 0.2) is 0 Å². The van der Waals surface area contributed by atoms with Crippen LogP contribution < -0.4 is 0 Å². The van der Waals surface area contributed by atoms with Crippen LogP contribution in [0.1, 0.15) is 0 Å². The third-order valence-electron chi connectivity index (χ3n) is 8.55. The summed E-state index contributed by atoms with van der Waals surface area (Å²) in [5, 5.41) is 0. The largest absolute Gasteiger partial charge is 0.252 e. The number of hydrogen-bond acceptors (Lipinski definition) is 4. The number of rotatable bonds is 7. The Morgan fingerprint density at radius 2 is 0.521 bits per heavy atom. The molecule has 0 saturated heterocycles. The Kier molecular flexibility index (Phi) is 7.87. The van der Waals surface area contributed by atoms with E-state index in [0.29, 0.717) is 0 Å². The average molecular weight is 615 g/mol. The molecule has 2 aromatic heterocycles. The normalized spacial score (nSPS) is 10.9. The quantitative estimate of drug-likeness (QED) is 0.179. The highest BCUT2D eigenvalue weighted by molar-refractivity contribution is 6.06. The minimum atomic E-state index is 0.813. The molecule has 2 heterocycles. The lowest BCUT2D eigenvalue weighted by molar-refractivity contribution is 1.21. The van der Waals surface area contributed by atoms with Crippen LogP contribution in [0.2, 0.25) is 0 Å². The lowest BCUT2D eigenvalue weighted by Crippen LogP contribution is -2.01. The maximum Gasteiger partial charge on any atom is 0.0971 e. The van der Waals surface area contributed by atoms with E-state index in [1.165, 1.54) is 0 Å². The molecule has 8 rings (SSSR count). The highest BCUT2D eigenvalue weighted by Gasteiger charge is 2.25. The maximum absolute atomic E-state index is 5.03. The minimum absolute atomic E-state index is 0.813. The molecule has 0 unspecified atom stereocenters. The molecule has 0 saturated carbocycles. The van der Waals surface area contributed by atoms with E-state index in [1.807, 2.05) is 36.4 Å². The molecule has 4 heteroatoms. The first-order valence-electron chi connectivity index (χ1n) is 16.0. The van der Waals surface area contributed by atoms with Crippen molar-refractivity contribution in [1.82, 2.24) is 19.9 Å². The second-order valence-electron chi connectivity index (χ2n) is 11.4. The number of hydrogen-bond donors (Lipinski definition) is 0. The first kappa shape index (κ1) is 28.9. The number of nitrogens with zero attached hydrogens (tertiary/aromatic N) is 4. The molecule has 0 aliphatic heterocycles. The van der Waals surface area contributed by atoms with Gasteiger partial charge in [0, 0.05) is 58.2 Å². The molecule has 0 spiro atoms. The summed E-state index contributed by atoms with van der Waals surface area (Å²) < 4.78 is 0. The summed E-state index contributed by atoms with van der Waals surface area (Å²) in [5.41, 5.74) is 13.8. The highest BCUT2D eigenvalue weighted by Crippen LogP contribution is 2.49. The molecule has 226 valence electrons. The van der Waals surface area contributed by atoms with Gasteiger partial charge in [-0.1, -0.05) is 158 Å². The number of aromatic nitrogens is 4. The van der Waals surface area contributed by atoms with Crippen LogP contribution in [0.25, 0.3) is 78.4 Å². The smallest absolute Gasteiger partial charge is 0.0971 e. The fourth-order valence-corrected chi connectivity index (χ4v) is 6.44. The van der Waals surface area contributed by atoms with Crippen molar-refractivity contribution in [2.24, 2.45) is 0 Å². The molecule has 0 atom stereocenters. The van der Waals surface area contributed by atoms with E-state index in [9.17, 15) is 0 Å². The Morgan fingerprint density at radius 3 is 0.875 bits per heavy atom. The van der Waals surface area contributed by atoms with E-state index >= 15 is 0 Å².